The van der Waals surface area contributed by atoms with E-state index in [9.17, 15) is 4.79 Å². The van der Waals surface area contributed by atoms with Gasteiger partial charge in [0.1, 0.15) is 6.04 Å². The fraction of sp³-hybridized carbons (Fsp3) is 0.364. The number of pyridine rings is 1. The largest absolute Gasteiger partial charge is 0.337 e. The van der Waals surface area contributed by atoms with Crippen LogP contribution in [0.1, 0.15) is 56.7 Å². The molecule has 0 aliphatic carbocycles. The maximum atomic E-state index is 12.5. The molecule has 3 aromatic rings. The molecule has 28 heavy (non-hydrogen) atoms. The van der Waals surface area contributed by atoms with Crippen molar-refractivity contribution in [1.29, 1.82) is 0 Å². The summed E-state index contributed by atoms with van der Waals surface area (Å²) >= 11 is 0. The van der Waals surface area contributed by atoms with Gasteiger partial charge in [-0.25, -0.2) is 0 Å². The van der Waals surface area contributed by atoms with E-state index in [-0.39, 0.29) is 17.4 Å². The van der Waals surface area contributed by atoms with Crippen LogP contribution in [0.5, 0.6) is 0 Å². The molecule has 144 valence electrons. The number of hydrogen-bond donors (Lipinski definition) is 0. The molecular weight excluding hydrogens is 352 g/mol. The molecule has 6 nitrogen and oxygen atoms in total. The molecule has 0 N–H and O–H groups in total. The van der Waals surface area contributed by atoms with Gasteiger partial charge in [-0.2, -0.15) is 4.98 Å². The van der Waals surface area contributed by atoms with Crippen LogP contribution in [0.2, 0.25) is 0 Å². The van der Waals surface area contributed by atoms with Gasteiger partial charge in [0, 0.05) is 30.9 Å². The number of likely N-dealkylation sites (tertiary alicyclic amines) is 1. The zero-order valence-corrected chi connectivity index (χ0v) is 16.4. The Hall–Kier alpha value is -3.02. The van der Waals surface area contributed by atoms with Crippen molar-refractivity contribution in [3.8, 4) is 11.4 Å². The predicted molar refractivity (Wildman–Crippen MR) is 105 cm³/mol. The minimum absolute atomic E-state index is 0.109. The number of carbonyl (C=O) groups excluding carboxylic acids is 1. The fourth-order valence-corrected chi connectivity index (χ4v) is 3.48. The first-order valence-corrected chi connectivity index (χ1v) is 9.55. The molecule has 0 bridgehead atoms. The first-order valence-electron chi connectivity index (χ1n) is 9.55. The fourth-order valence-electron chi connectivity index (χ4n) is 3.48. The number of nitrogens with zero attached hydrogens (tertiary/aromatic N) is 4. The van der Waals surface area contributed by atoms with Crippen LogP contribution in [-0.4, -0.2) is 25.9 Å². The molecule has 3 heterocycles. The summed E-state index contributed by atoms with van der Waals surface area (Å²) in [5.74, 6) is 1.13. The molecule has 0 radical (unpaired) electrons. The number of aromatic nitrogens is 3. The van der Waals surface area contributed by atoms with E-state index >= 15 is 0 Å². The standard InChI is InChI=1S/C22H24N4O2/c1-22(2,3)17-6-4-15(5-7-17)14-26-18(8-9-19(26)27)21-24-20(25-28-21)16-10-12-23-13-11-16/h4-7,10-13,18H,8-9,14H2,1-3H3. The van der Waals surface area contributed by atoms with Gasteiger partial charge in [0.25, 0.3) is 0 Å². The summed E-state index contributed by atoms with van der Waals surface area (Å²) in [6, 6.07) is 12.0. The molecule has 6 heteroatoms. The zero-order valence-electron chi connectivity index (χ0n) is 16.4. The quantitative estimate of drug-likeness (QED) is 0.679. The minimum Gasteiger partial charge on any atom is -0.337 e. The SMILES string of the molecule is CC(C)(C)c1ccc(CN2C(=O)CCC2c2nc(-c3ccncc3)no2)cc1. The number of benzene rings is 1. The van der Waals surface area contributed by atoms with Crippen molar-refractivity contribution in [3.05, 3.63) is 65.8 Å². The first-order chi connectivity index (χ1) is 13.4. The van der Waals surface area contributed by atoms with Gasteiger partial charge in [0.2, 0.25) is 17.6 Å². The van der Waals surface area contributed by atoms with Crippen molar-refractivity contribution in [1.82, 2.24) is 20.0 Å². The van der Waals surface area contributed by atoms with Gasteiger partial charge in [-0.05, 0) is 35.1 Å². The van der Waals surface area contributed by atoms with Crippen molar-refractivity contribution in [3.63, 3.8) is 0 Å². The van der Waals surface area contributed by atoms with Crippen molar-refractivity contribution in [2.24, 2.45) is 0 Å². The summed E-state index contributed by atoms with van der Waals surface area (Å²) in [5.41, 5.74) is 3.33. The molecule has 1 unspecified atom stereocenters. The Labute approximate surface area is 164 Å². The maximum absolute atomic E-state index is 12.5. The van der Waals surface area contributed by atoms with E-state index in [2.05, 4.69) is 60.2 Å². The molecule has 2 aromatic heterocycles. The number of amides is 1. The lowest BCUT2D eigenvalue weighted by Crippen LogP contribution is -2.27. The predicted octanol–water partition coefficient (Wildman–Crippen LogP) is 4.29. The van der Waals surface area contributed by atoms with Crippen LogP contribution < -0.4 is 0 Å². The Balaban J connectivity index is 1.54. The molecule has 1 fully saturated rings. The molecule has 1 aliphatic rings. The van der Waals surface area contributed by atoms with Crippen LogP contribution >= 0.6 is 0 Å². The normalized spacial score (nSPS) is 17.3. The summed E-state index contributed by atoms with van der Waals surface area (Å²) in [7, 11) is 0. The van der Waals surface area contributed by atoms with E-state index in [1.807, 2.05) is 17.0 Å². The lowest BCUT2D eigenvalue weighted by Gasteiger charge is -2.23. The van der Waals surface area contributed by atoms with Crippen molar-refractivity contribution in [2.75, 3.05) is 0 Å². The number of carbonyl (C=O) groups is 1. The summed E-state index contributed by atoms with van der Waals surface area (Å²) in [4.78, 5) is 22.9. The Morgan fingerprint density at radius 3 is 2.50 bits per heavy atom. The third kappa shape index (κ3) is 3.67. The topological polar surface area (TPSA) is 72.1 Å². The smallest absolute Gasteiger partial charge is 0.249 e. The Morgan fingerprint density at radius 1 is 1.11 bits per heavy atom. The minimum atomic E-state index is -0.183. The highest BCUT2D eigenvalue weighted by Crippen LogP contribution is 2.34. The molecule has 1 aliphatic heterocycles. The second-order valence-corrected chi connectivity index (χ2v) is 8.22. The zero-order chi connectivity index (χ0) is 19.7. The van der Waals surface area contributed by atoms with Crippen LogP contribution in [0.4, 0.5) is 0 Å². The molecule has 1 saturated heterocycles. The van der Waals surface area contributed by atoms with Gasteiger partial charge in [0.15, 0.2) is 0 Å². The van der Waals surface area contributed by atoms with E-state index in [0.717, 1.165) is 11.1 Å². The Kier molecular flexibility index (Phi) is 4.71. The Morgan fingerprint density at radius 2 is 1.82 bits per heavy atom. The average Bonchev–Trinajstić information content (AvgIpc) is 3.30. The molecule has 1 aromatic carbocycles. The van der Waals surface area contributed by atoms with Gasteiger partial charge in [-0.3, -0.25) is 9.78 Å². The van der Waals surface area contributed by atoms with Crippen LogP contribution in [0.15, 0.2) is 53.3 Å². The highest BCUT2D eigenvalue weighted by atomic mass is 16.5. The van der Waals surface area contributed by atoms with E-state index < -0.39 is 0 Å². The maximum Gasteiger partial charge on any atom is 0.249 e. The van der Waals surface area contributed by atoms with Crippen LogP contribution in [0, 0.1) is 0 Å². The lowest BCUT2D eigenvalue weighted by molar-refractivity contribution is -0.129. The molecule has 4 rings (SSSR count). The van der Waals surface area contributed by atoms with Gasteiger partial charge in [0.05, 0.1) is 0 Å². The van der Waals surface area contributed by atoms with Crippen LogP contribution in [0.3, 0.4) is 0 Å². The lowest BCUT2D eigenvalue weighted by atomic mass is 9.87. The van der Waals surface area contributed by atoms with Crippen molar-refractivity contribution >= 4 is 5.91 Å². The van der Waals surface area contributed by atoms with Crippen LogP contribution in [0.25, 0.3) is 11.4 Å². The summed E-state index contributed by atoms with van der Waals surface area (Å²) in [6.45, 7) is 7.12. The Bertz CT molecular complexity index is 958. The summed E-state index contributed by atoms with van der Waals surface area (Å²) in [6.07, 6.45) is 4.57. The summed E-state index contributed by atoms with van der Waals surface area (Å²) < 4.78 is 5.51. The van der Waals surface area contributed by atoms with E-state index in [0.29, 0.717) is 31.1 Å². The van der Waals surface area contributed by atoms with Crippen molar-refractivity contribution < 1.29 is 9.32 Å². The number of hydrogen-bond acceptors (Lipinski definition) is 5. The van der Waals surface area contributed by atoms with Crippen molar-refractivity contribution in [2.45, 2.75) is 51.6 Å². The second-order valence-electron chi connectivity index (χ2n) is 8.22. The molecular formula is C22H24N4O2. The molecule has 0 spiro atoms. The average molecular weight is 376 g/mol. The van der Waals surface area contributed by atoms with Gasteiger partial charge >= 0.3 is 0 Å². The first kappa shape index (κ1) is 18.3. The monoisotopic (exact) mass is 376 g/mol. The third-order valence-corrected chi connectivity index (χ3v) is 5.17. The van der Waals surface area contributed by atoms with Gasteiger partial charge in [-0.15, -0.1) is 0 Å². The molecule has 0 saturated carbocycles. The number of rotatable bonds is 4. The molecule has 1 amide bonds. The van der Waals surface area contributed by atoms with Crippen LogP contribution in [-0.2, 0) is 16.8 Å². The van der Waals surface area contributed by atoms with Gasteiger partial charge in [-0.1, -0.05) is 50.2 Å². The van der Waals surface area contributed by atoms with E-state index in [1.165, 1.54) is 5.56 Å². The third-order valence-electron chi connectivity index (χ3n) is 5.17. The molecule has 1 atom stereocenters. The van der Waals surface area contributed by atoms with E-state index in [1.54, 1.807) is 12.4 Å². The highest BCUT2D eigenvalue weighted by Gasteiger charge is 2.36. The van der Waals surface area contributed by atoms with E-state index in [4.69, 9.17) is 4.52 Å². The van der Waals surface area contributed by atoms with Gasteiger partial charge < -0.3 is 9.42 Å². The highest BCUT2D eigenvalue weighted by molar-refractivity contribution is 5.78. The second kappa shape index (κ2) is 7.19. The summed E-state index contributed by atoms with van der Waals surface area (Å²) in [5, 5.41) is 4.08.